The molecule has 0 saturated carbocycles. The van der Waals surface area contributed by atoms with Crippen molar-refractivity contribution in [3.8, 4) is 5.75 Å². The zero-order valence-corrected chi connectivity index (χ0v) is 15.2. The van der Waals surface area contributed by atoms with Gasteiger partial charge in [-0.2, -0.15) is 0 Å². The van der Waals surface area contributed by atoms with E-state index in [0.29, 0.717) is 23.0 Å². The maximum Gasteiger partial charge on any atom is 0.337 e. The predicted octanol–water partition coefficient (Wildman–Crippen LogP) is 4.63. The highest BCUT2D eigenvalue weighted by molar-refractivity contribution is 5.74. The maximum absolute atomic E-state index is 11.1. The highest BCUT2D eigenvalue weighted by atomic mass is 16.5. The van der Waals surface area contributed by atoms with Crippen LogP contribution in [0, 0.1) is 0 Å². The van der Waals surface area contributed by atoms with Gasteiger partial charge >= 0.3 is 5.97 Å². The van der Waals surface area contributed by atoms with Crippen LogP contribution in [-0.4, -0.2) is 16.2 Å². The molecule has 2 N–H and O–H groups in total. The summed E-state index contributed by atoms with van der Waals surface area (Å²) >= 11 is 0. The number of rotatable bonds is 7. The van der Waals surface area contributed by atoms with Gasteiger partial charge in [0, 0.05) is 0 Å². The second-order valence-corrected chi connectivity index (χ2v) is 6.83. The van der Waals surface area contributed by atoms with E-state index in [2.05, 4.69) is 45.9 Å². The molecule has 0 aliphatic carbocycles. The fourth-order valence-corrected chi connectivity index (χ4v) is 2.73. The second-order valence-electron chi connectivity index (χ2n) is 6.83. The molecule has 0 heterocycles. The first-order valence-corrected chi connectivity index (χ1v) is 8.56. The SMILES string of the molecule is CC(C)c1ccc(C(C)C)c(OCc2ccccc2C(O)C(=O)O)c1. The Labute approximate surface area is 149 Å². The Hall–Kier alpha value is -2.33. The van der Waals surface area contributed by atoms with Crippen LogP contribution in [0.15, 0.2) is 42.5 Å². The molecule has 4 heteroatoms. The molecule has 2 rings (SSSR count). The number of carbonyl (C=O) groups is 1. The molecule has 0 aliphatic rings. The van der Waals surface area contributed by atoms with Crippen LogP contribution in [0.25, 0.3) is 0 Å². The smallest absolute Gasteiger partial charge is 0.337 e. The molecule has 1 unspecified atom stereocenters. The summed E-state index contributed by atoms with van der Waals surface area (Å²) in [6.07, 6.45) is -1.55. The summed E-state index contributed by atoms with van der Waals surface area (Å²) < 4.78 is 6.04. The molecule has 0 saturated heterocycles. The zero-order valence-electron chi connectivity index (χ0n) is 15.2. The Morgan fingerprint density at radius 1 is 1.00 bits per heavy atom. The summed E-state index contributed by atoms with van der Waals surface area (Å²) in [5, 5.41) is 18.9. The number of aliphatic hydroxyl groups is 1. The number of hydrogen-bond acceptors (Lipinski definition) is 3. The highest BCUT2D eigenvalue weighted by Crippen LogP contribution is 2.31. The van der Waals surface area contributed by atoms with Crippen molar-refractivity contribution in [2.45, 2.75) is 52.2 Å². The highest BCUT2D eigenvalue weighted by Gasteiger charge is 2.19. The average molecular weight is 342 g/mol. The normalized spacial score (nSPS) is 12.4. The zero-order chi connectivity index (χ0) is 18.6. The second kappa shape index (κ2) is 8.17. The molecule has 0 radical (unpaired) electrons. The van der Waals surface area contributed by atoms with Crippen LogP contribution in [0.4, 0.5) is 0 Å². The van der Waals surface area contributed by atoms with E-state index in [1.54, 1.807) is 18.2 Å². The lowest BCUT2D eigenvalue weighted by atomic mass is 9.96. The minimum atomic E-state index is -1.55. The van der Waals surface area contributed by atoms with Gasteiger partial charge in [-0.05, 0) is 40.2 Å². The molecule has 1 atom stereocenters. The van der Waals surface area contributed by atoms with E-state index in [4.69, 9.17) is 9.84 Å². The molecule has 2 aromatic rings. The van der Waals surface area contributed by atoms with E-state index in [-0.39, 0.29) is 6.61 Å². The fourth-order valence-electron chi connectivity index (χ4n) is 2.73. The monoisotopic (exact) mass is 342 g/mol. The van der Waals surface area contributed by atoms with Crippen LogP contribution in [0.2, 0.25) is 0 Å². The van der Waals surface area contributed by atoms with Gasteiger partial charge in [0.1, 0.15) is 12.4 Å². The van der Waals surface area contributed by atoms with Gasteiger partial charge in [-0.25, -0.2) is 4.79 Å². The van der Waals surface area contributed by atoms with E-state index in [1.807, 2.05) is 6.07 Å². The topological polar surface area (TPSA) is 66.8 Å². The third kappa shape index (κ3) is 4.60. The van der Waals surface area contributed by atoms with Crippen molar-refractivity contribution >= 4 is 5.97 Å². The van der Waals surface area contributed by atoms with E-state index < -0.39 is 12.1 Å². The van der Waals surface area contributed by atoms with Gasteiger partial charge in [0.15, 0.2) is 6.10 Å². The van der Waals surface area contributed by atoms with E-state index in [0.717, 1.165) is 11.3 Å². The lowest BCUT2D eigenvalue weighted by molar-refractivity contribution is -0.147. The molecule has 25 heavy (non-hydrogen) atoms. The van der Waals surface area contributed by atoms with Crippen LogP contribution < -0.4 is 4.74 Å². The Kier molecular flexibility index (Phi) is 6.21. The standard InChI is InChI=1S/C21H26O4/c1-13(2)15-9-10-17(14(3)4)19(11-15)25-12-16-7-5-6-8-18(16)20(22)21(23)24/h5-11,13-14,20,22H,12H2,1-4H3,(H,23,24). The summed E-state index contributed by atoms with van der Waals surface area (Å²) in [4.78, 5) is 11.1. The molecule has 134 valence electrons. The van der Waals surface area contributed by atoms with Crippen molar-refractivity contribution in [2.24, 2.45) is 0 Å². The molecule has 2 aromatic carbocycles. The molecule has 0 spiro atoms. The largest absolute Gasteiger partial charge is 0.489 e. The van der Waals surface area contributed by atoms with Gasteiger partial charge in [0.05, 0.1) is 0 Å². The molecule has 0 fully saturated rings. The van der Waals surface area contributed by atoms with Gasteiger partial charge in [-0.3, -0.25) is 0 Å². The Morgan fingerprint density at radius 3 is 2.28 bits per heavy atom. The lowest BCUT2D eigenvalue weighted by Gasteiger charge is -2.18. The summed E-state index contributed by atoms with van der Waals surface area (Å²) in [5.74, 6) is 0.249. The van der Waals surface area contributed by atoms with Crippen LogP contribution in [0.3, 0.4) is 0 Å². The third-order valence-electron chi connectivity index (χ3n) is 4.29. The van der Waals surface area contributed by atoms with Crippen molar-refractivity contribution < 1.29 is 19.7 Å². The van der Waals surface area contributed by atoms with Crippen LogP contribution in [0.1, 0.15) is 67.9 Å². The molecule has 4 nitrogen and oxygen atoms in total. The molecule has 0 bridgehead atoms. The third-order valence-corrected chi connectivity index (χ3v) is 4.29. The van der Waals surface area contributed by atoms with E-state index in [9.17, 15) is 9.90 Å². The average Bonchev–Trinajstić information content (AvgIpc) is 2.58. The van der Waals surface area contributed by atoms with Crippen LogP contribution >= 0.6 is 0 Å². The molecule has 0 aliphatic heterocycles. The summed E-state index contributed by atoms with van der Waals surface area (Å²) in [6.45, 7) is 8.69. The Bertz CT molecular complexity index is 734. The lowest BCUT2D eigenvalue weighted by Crippen LogP contribution is -2.13. The van der Waals surface area contributed by atoms with Gasteiger partial charge in [0.25, 0.3) is 0 Å². The maximum atomic E-state index is 11.1. The summed E-state index contributed by atoms with van der Waals surface area (Å²) in [6, 6.07) is 13.2. The van der Waals surface area contributed by atoms with Gasteiger partial charge in [0.2, 0.25) is 0 Å². The predicted molar refractivity (Wildman–Crippen MR) is 98.0 cm³/mol. The number of hydrogen-bond donors (Lipinski definition) is 2. The van der Waals surface area contributed by atoms with E-state index in [1.165, 1.54) is 5.56 Å². The minimum Gasteiger partial charge on any atom is -0.489 e. The number of ether oxygens (including phenoxy) is 1. The Morgan fingerprint density at radius 2 is 1.68 bits per heavy atom. The first-order chi connectivity index (χ1) is 11.8. The van der Waals surface area contributed by atoms with Gasteiger partial charge < -0.3 is 14.9 Å². The number of carboxylic acids is 1. The first-order valence-electron chi connectivity index (χ1n) is 8.56. The number of carboxylic acid groups (broad SMARTS) is 1. The summed E-state index contributed by atoms with van der Waals surface area (Å²) in [5.41, 5.74) is 3.34. The van der Waals surface area contributed by atoms with Crippen LogP contribution in [-0.2, 0) is 11.4 Å². The van der Waals surface area contributed by atoms with Gasteiger partial charge in [-0.15, -0.1) is 0 Å². The number of aliphatic carboxylic acids is 1. The number of aliphatic hydroxyl groups excluding tert-OH is 1. The molecule has 0 aromatic heterocycles. The summed E-state index contributed by atoms with van der Waals surface area (Å²) in [7, 11) is 0. The van der Waals surface area contributed by atoms with Crippen molar-refractivity contribution in [2.75, 3.05) is 0 Å². The van der Waals surface area contributed by atoms with Crippen molar-refractivity contribution in [3.05, 3.63) is 64.7 Å². The molecule has 0 amide bonds. The van der Waals surface area contributed by atoms with Crippen molar-refractivity contribution in [3.63, 3.8) is 0 Å². The van der Waals surface area contributed by atoms with Crippen molar-refractivity contribution in [1.29, 1.82) is 0 Å². The quantitative estimate of drug-likeness (QED) is 0.770. The molecular formula is C21H26O4. The van der Waals surface area contributed by atoms with E-state index >= 15 is 0 Å². The fraction of sp³-hybridized carbons (Fsp3) is 0.381. The Balaban J connectivity index is 2.30. The first kappa shape index (κ1) is 19.0. The van der Waals surface area contributed by atoms with Crippen molar-refractivity contribution in [1.82, 2.24) is 0 Å². The molecular weight excluding hydrogens is 316 g/mol. The number of benzene rings is 2. The minimum absolute atomic E-state index is 0.210. The van der Waals surface area contributed by atoms with Crippen LogP contribution in [0.5, 0.6) is 5.75 Å². The van der Waals surface area contributed by atoms with Gasteiger partial charge in [-0.1, -0.05) is 64.1 Å².